The van der Waals surface area contributed by atoms with Gasteiger partial charge in [-0.3, -0.25) is 10.1 Å². The Balaban J connectivity index is 2.19. The summed E-state index contributed by atoms with van der Waals surface area (Å²) in [6.07, 6.45) is 1.16. The predicted octanol–water partition coefficient (Wildman–Crippen LogP) is 3.42. The summed E-state index contributed by atoms with van der Waals surface area (Å²) in [5.74, 6) is 0.0983. The van der Waals surface area contributed by atoms with E-state index >= 15 is 0 Å². The average Bonchev–Trinajstić information content (AvgIpc) is 2.43. The lowest BCUT2D eigenvalue weighted by Gasteiger charge is -2.19. The number of hydrogen-bond acceptors (Lipinski definition) is 4. The van der Waals surface area contributed by atoms with E-state index in [-0.39, 0.29) is 12.2 Å². The Morgan fingerprint density at radius 1 is 1.40 bits per heavy atom. The van der Waals surface area contributed by atoms with E-state index in [1.165, 1.54) is 24.3 Å². The molecule has 0 bridgehead atoms. The summed E-state index contributed by atoms with van der Waals surface area (Å²) < 4.78 is 13.7. The molecule has 2 aromatic rings. The van der Waals surface area contributed by atoms with Crippen LogP contribution in [0.25, 0.3) is 0 Å². The molecule has 0 saturated carbocycles. The van der Waals surface area contributed by atoms with Crippen molar-refractivity contribution in [3.8, 4) is 0 Å². The molecular formula is C13H11ClFN3O2. The number of aromatic nitrogens is 1. The minimum absolute atomic E-state index is 0.0916. The van der Waals surface area contributed by atoms with E-state index in [2.05, 4.69) is 4.98 Å². The van der Waals surface area contributed by atoms with E-state index in [0.29, 0.717) is 16.4 Å². The van der Waals surface area contributed by atoms with Crippen LogP contribution in [-0.2, 0) is 6.54 Å². The van der Waals surface area contributed by atoms with Gasteiger partial charge in [-0.15, -0.1) is 0 Å². The van der Waals surface area contributed by atoms with Crippen molar-refractivity contribution in [2.75, 3.05) is 11.9 Å². The van der Waals surface area contributed by atoms with Crippen molar-refractivity contribution in [2.24, 2.45) is 0 Å². The Hall–Kier alpha value is -2.21. The first-order valence-corrected chi connectivity index (χ1v) is 6.11. The molecule has 0 aliphatic heterocycles. The highest BCUT2D eigenvalue weighted by atomic mass is 35.5. The minimum Gasteiger partial charge on any atom is -0.355 e. The molecule has 0 amide bonds. The lowest BCUT2D eigenvalue weighted by molar-refractivity contribution is -0.385. The highest BCUT2D eigenvalue weighted by molar-refractivity contribution is 6.31. The molecule has 0 N–H and O–H groups in total. The van der Waals surface area contributed by atoms with Crippen molar-refractivity contribution in [1.29, 1.82) is 0 Å². The largest absolute Gasteiger partial charge is 0.355 e. The van der Waals surface area contributed by atoms with Gasteiger partial charge in [-0.1, -0.05) is 17.7 Å². The van der Waals surface area contributed by atoms with E-state index in [4.69, 9.17) is 11.6 Å². The summed E-state index contributed by atoms with van der Waals surface area (Å²) in [6, 6.07) is 7.33. The number of hydrogen-bond donors (Lipinski definition) is 0. The molecule has 1 aromatic heterocycles. The second-order valence-corrected chi connectivity index (χ2v) is 4.60. The first-order chi connectivity index (χ1) is 9.49. The number of nitrogens with zero attached hydrogens (tertiary/aromatic N) is 3. The highest BCUT2D eigenvalue weighted by Crippen LogP contribution is 2.23. The summed E-state index contributed by atoms with van der Waals surface area (Å²) in [5.41, 5.74) is 0.267. The molecule has 1 heterocycles. The van der Waals surface area contributed by atoms with Gasteiger partial charge in [0.2, 0.25) is 0 Å². The molecule has 0 aliphatic rings. The number of halogens is 2. The zero-order valence-corrected chi connectivity index (χ0v) is 11.3. The maximum atomic E-state index is 13.7. The van der Waals surface area contributed by atoms with Gasteiger partial charge in [0.05, 0.1) is 4.92 Å². The molecule has 0 radical (unpaired) electrons. The van der Waals surface area contributed by atoms with E-state index in [9.17, 15) is 14.5 Å². The van der Waals surface area contributed by atoms with Crippen LogP contribution in [0.4, 0.5) is 15.9 Å². The van der Waals surface area contributed by atoms with Gasteiger partial charge in [0.1, 0.15) is 17.8 Å². The molecule has 2 rings (SSSR count). The summed E-state index contributed by atoms with van der Waals surface area (Å²) >= 11 is 5.95. The van der Waals surface area contributed by atoms with E-state index < -0.39 is 10.7 Å². The zero-order chi connectivity index (χ0) is 14.7. The van der Waals surface area contributed by atoms with Crippen LogP contribution in [-0.4, -0.2) is 17.0 Å². The third-order valence-electron chi connectivity index (χ3n) is 2.79. The normalized spacial score (nSPS) is 10.3. The van der Waals surface area contributed by atoms with Crippen molar-refractivity contribution in [3.05, 3.63) is 63.0 Å². The summed E-state index contributed by atoms with van der Waals surface area (Å²) in [6.45, 7) is 0.219. The Kier molecular flexibility index (Phi) is 4.14. The molecule has 0 saturated heterocycles. The number of pyridine rings is 1. The predicted molar refractivity (Wildman–Crippen MR) is 74.4 cm³/mol. The number of anilines is 1. The molecule has 7 heteroatoms. The number of rotatable bonds is 4. The molecule has 0 spiro atoms. The Morgan fingerprint density at radius 3 is 2.70 bits per heavy atom. The minimum atomic E-state index is -0.523. The van der Waals surface area contributed by atoms with Crippen LogP contribution < -0.4 is 4.90 Å². The number of benzene rings is 1. The van der Waals surface area contributed by atoms with E-state index in [0.717, 1.165) is 6.20 Å². The lowest BCUT2D eigenvalue weighted by Crippen LogP contribution is -2.18. The fraction of sp³-hybridized carbons (Fsp3) is 0.154. The smallest absolute Gasteiger partial charge is 0.287 e. The van der Waals surface area contributed by atoms with Gasteiger partial charge in [-0.2, -0.15) is 0 Å². The quantitative estimate of drug-likeness (QED) is 0.640. The van der Waals surface area contributed by atoms with Crippen molar-refractivity contribution in [1.82, 2.24) is 4.98 Å². The Bertz CT molecular complexity index is 614. The van der Waals surface area contributed by atoms with Crippen LogP contribution in [0.2, 0.25) is 5.02 Å². The summed E-state index contributed by atoms with van der Waals surface area (Å²) in [7, 11) is 1.71. The SMILES string of the molecule is CN(Cc1c(F)cccc1Cl)c1ccc([N+](=O)[O-])cn1. The molecule has 20 heavy (non-hydrogen) atoms. The van der Waals surface area contributed by atoms with Gasteiger partial charge in [0, 0.05) is 30.2 Å². The standard InChI is InChI=1S/C13H11ClFN3O2/c1-17(8-10-11(14)3-2-4-12(10)15)13-6-5-9(7-16-13)18(19)20/h2-7H,8H2,1H3. The maximum absolute atomic E-state index is 13.7. The van der Waals surface area contributed by atoms with Crippen LogP contribution in [0.3, 0.4) is 0 Å². The van der Waals surface area contributed by atoms with Crippen LogP contribution in [0, 0.1) is 15.9 Å². The van der Waals surface area contributed by atoms with Crippen LogP contribution in [0.15, 0.2) is 36.5 Å². The first-order valence-electron chi connectivity index (χ1n) is 5.73. The third-order valence-corrected chi connectivity index (χ3v) is 3.15. The van der Waals surface area contributed by atoms with Gasteiger partial charge < -0.3 is 4.90 Å². The highest BCUT2D eigenvalue weighted by Gasteiger charge is 2.12. The zero-order valence-electron chi connectivity index (χ0n) is 10.6. The van der Waals surface area contributed by atoms with Gasteiger partial charge in [-0.05, 0) is 18.2 Å². The van der Waals surface area contributed by atoms with Crippen molar-refractivity contribution >= 4 is 23.1 Å². The second-order valence-electron chi connectivity index (χ2n) is 4.19. The van der Waals surface area contributed by atoms with E-state index in [1.54, 1.807) is 18.0 Å². The van der Waals surface area contributed by atoms with Crippen LogP contribution in [0.1, 0.15) is 5.56 Å². The average molecular weight is 296 g/mol. The number of nitro groups is 1. The fourth-order valence-electron chi connectivity index (χ4n) is 1.71. The molecule has 0 aliphatic carbocycles. The van der Waals surface area contributed by atoms with Gasteiger partial charge >= 0.3 is 0 Å². The summed E-state index contributed by atoms with van der Waals surface area (Å²) in [5, 5.41) is 10.9. The summed E-state index contributed by atoms with van der Waals surface area (Å²) in [4.78, 5) is 15.7. The molecule has 1 aromatic carbocycles. The molecule has 0 unspecified atom stereocenters. The maximum Gasteiger partial charge on any atom is 0.287 e. The first kappa shape index (κ1) is 14.2. The van der Waals surface area contributed by atoms with Crippen molar-refractivity contribution < 1.29 is 9.31 Å². The third kappa shape index (κ3) is 3.03. The molecule has 5 nitrogen and oxygen atoms in total. The molecule has 0 fully saturated rings. The second kappa shape index (κ2) is 5.83. The van der Waals surface area contributed by atoms with E-state index in [1.807, 2.05) is 0 Å². The lowest BCUT2D eigenvalue weighted by atomic mass is 10.2. The topological polar surface area (TPSA) is 59.3 Å². The monoisotopic (exact) mass is 295 g/mol. The fourth-order valence-corrected chi connectivity index (χ4v) is 1.94. The van der Waals surface area contributed by atoms with Gasteiger partial charge in [0.15, 0.2) is 0 Å². The van der Waals surface area contributed by atoms with Gasteiger partial charge in [-0.25, -0.2) is 9.37 Å². The Labute approximate surface area is 119 Å². The van der Waals surface area contributed by atoms with Gasteiger partial charge in [0.25, 0.3) is 5.69 Å². The van der Waals surface area contributed by atoms with Crippen LogP contribution >= 0.6 is 11.6 Å². The van der Waals surface area contributed by atoms with Crippen LogP contribution in [0.5, 0.6) is 0 Å². The Morgan fingerprint density at radius 2 is 2.15 bits per heavy atom. The molecular weight excluding hydrogens is 285 g/mol. The van der Waals surface area contributed by atoms with Crippen molar-refractivity contribution in [2.45, 2.75) is 6.54 Å². The molecule has 0 atom stereocenters. The van der Waals surface area contributed by atoms with Crippen molar-refractivity contribution in [3.63, 3.8) is 0 Å². The molecule has 104 valence electrons.